The zero-order valence-corrected chi connectivity index (χ0v) is 11.2. The second kappa shape index (κ2) is 5.36. The number of nitrogens with zero attached hydrogens (tertiary/aromatic N) is 2. The summed E-state index contributed by atoms with van der Waals surface area (Å²) in [7, 11) is 0. The summed E-state index contributed by atoms with van der Waals surface area (Å²) in [6, 6.07) is 1.69. The molecular formula is C13H17N3O3. The van der Waals surface area contributed by atoms with Gasteiger partial charge in [0, 0.05) is 12.7 Å². The Labute approximate surface area is 110 Å². The van der Waals surface area contributed by atoms with Crippen LogP contribution in [0.3, 0.4) is 0 Å². The highest BCUT2D eigenvalue weighted by molar-refractivity contribution is 5.96. The third-order valence-corrected chi connectivity index (χ3v) is 3.01. The SMILES string of the molecule is Cc1noc2ncc(C(=O)NCC(O)C(C)C)cc12. The van der Waals surface area contributed by atoms with E-state index in [1.165, 1.54) is 6.20 Å². The lowest BCUT2D eigenvalue weighted by Gasteiger charge is -2.14. The van der Waals surface area contributed by atoms with E-state index in [0.29, 0.717) is 17.0 Å². The van der Waals surface area contributed by atoms with E-state index in [1.807, 2.05) is 13.8 Å². The summed E-state index contributed by atoms with van der Waals surface area (Å²) in [5.74, 6) is -0.170. The molecule has 0 radical (unpaired) electrons. The maximum Gasteiger partial charge on any atom is 0.257 e. The molecule has 19 heavy (non-hydrogen) atoms. The molecule has 0 fully saturated rings. The summed E-state index contributed by atoms with van der Waals surface area (Å²) in [4.78, 5) is 16.0. The molecule has 2 N–H and O–H groups in total. The van der Waals surface area contributed by atoms with Crippen LogP contribution in [0.5, 0.6) is 0 Å². The van der Waals surface area contributed by atoms with Crippen molar-refractivity contribution in [3.63, 3.8) is 0 Å². The predicted octanol–water partition coefficient (Wildman–Crippen LogP) is 1.28. The van der Waals surface area contributed by atoms with E-state index in [2.05, 4.69) is 15.5 Å². The van der Waals surface area contributed by atoms with Crippen molar-refractivity contribution in [2.24, 2.45) is 5.92 Å². The number of carbonyl (C=O) groups is 1. The summed E-state index contributed by atoms with van der Waals surface area (Å²) in [5.41, 5.74) is 1.53. The van der Waals surface area contributed by atoms with Crippen LogP contribution in [0, 0.1) is 12.8 Å². The Bertz CT molecular complexity index is 592. The fourth-order valence-corrected chi connectivity index (χ4v) is 1.60. The largest absolute Gasteiger partial charge is 0.391 e. The molecule has 0 bridgehead atoms. The molecule has 1 amide bonds. The lowest BCUT2D eigenvalue weighted by Crippen LogP contribution is -2.34. The molecule has 6 nitrogen and oxygen atoms in total. The zero-order chi connectivity index (χ0) is 14.0. The Balaban J connectivity index is 2.11. The maximum atomic E-state index is 11.9. The van der Waals surface area contributed by atoms with Crippen LogP contribution in [0.4, 0.5) is 0 Å². The number of nitrogens with one attached hydrogen (secondary N) is 1. The normalized spacial score (nSPS) is 12.9. The van der Waals surface area contributed by atoms with E-state index in [-0.39, 0.29) is 18.4 Å². The van der Waals surface area contributed by atoms with Crippen molar-refractivity contribution in [2.45, 2.75) is 26.9 Å². The molecule has 2 aromatic rings. The van der Waals surface area contributed by atoms with Gasteiger partial charge in [-0.2, -0.15) is 0 Å². The molecule has 2 heterocycles. The van der Waals surface area contributed by atoms with E-state index in [0.717, 1.165) is 5.39 Å². The molecule has 0 spiro atoms. The molecule has 2 aromatic heterocycles. The molecule has 0 aromatic carbocycles. The number of pyridine rings is 1. The lowest BCUT2D eigenvalue weighted by atomic mass is 10.1. The highest BCUT2D eigenvalue weighted by Crippen LogP contribution is 2.16. The van der Waals surface area contributed by atoms with Gasteiger partial charge in [-0.25, -0.2) is 4.98 Å². The second-order valence-corrected chi connectivity index (χ2v) is 4.87. The molecule has 0 saturated carbocycles. The van der Waals surface area contributed by atoms with Gasteiger partial charge in [-0.1, -0.05) is 19.0 Å². The van der Waals surface area contributed by atoms with Gasteiger partial charge in [0.15, 0.2) is 0 Å². The van der Waals surface area contributed by atoms with Gasteiger partial charge in [-0.15, -0.1) is 0 Å². The Hall–Kier alpha value is -1.95. The van der Waals surface area contributed by atoms with Crippen LogP contribution < -0.4 is 5.32 Å². The Morgan fingerprint density at radius 1 is 1.53 bits per heavy atom. The number of hydrogen-bond acceptors (Lipinski definition) is 5. The number of aliphatic hydroxyl groups is 1. The lowest BCUT2D eigenvalue weighted by molar-refractivity contribution is 0.0871. The number of hydrogen-bond donors (Lipinski definition) is 2. The van der Waals surface area contributed by atoms with Crippen LogP contribution >= 0.6 is 0 Å². The molecule has 2 rings (SSSR count). The molecule has 102 valence electrons. The van der Waals surface area contributed by atoms with Crippen molar-refractivity contribution in [2.75, 3.05) is 6.54 Å². The Morgan fingerprint density at radius 3 is 2.95 bits per heavy atom. The summed E-state index contributed by atoms with van der Waals surface area (Å²) in [6.45, 7) is 5.80. The molecule has 0 saturated heterocycles. The van der Waals surface area contributed by atoms with Crippen molar-refractivity contribution in [1.29, 1.82) is 0 Å². The van der Waals surface area contributed by atoms with Crippen LogP contribution in [0.25, 0.3) is 11.1 Å². The number of amides is 1. The highest BCUT2D eigenvalue weighted by atomic mass is 16.5. The molecule has 1 unspecified atom stereocenters. The second-order valence-electron chi connectivity index (χ2n) is 4.87. The van der Waals surface area contributed by atoms with Gasteiger partial charge < -0.3 is 14.9 Å². The van der Waals surface area contributed by atoms with Gasteiger partial charge in [0.05, 0.1) is 22.7 Å². The van der Waals surface area contributed by atoms with Crippen LogP contribution in [0.2, 0.25) is 0 Å². The molecule has 0 aliphatic carbocycles. The van der Waals surface area contributed by atoms with Crippen molar-refractivity contribution in [3.05, 3.63) is 23.5 Å². The number of aromatic nitrogens is 2. The number of aliphatic hydroxyl groups excluding tert-OH is 1. The van der Waals surface area contributed by atoms with Crippen molar-refractivity contribution in [3.8, 4) is 0 Å². The van der Waals surface area contributed by atoms with Gasteiger partial charge in [0.2, 0.25) is 0 Å². The topological polar surface area (TPSA) is 88.2 Å². The first-order chi connectivity index (χ1) is 8.99. The first-order valence-electron chi connectivity index (χ1n) is 6.17. The van der Waals surface area contributed by atoms with E-state index in [9.17, 15) is 9.90 Å². The highest BCUT2D eigenvalue weighted by Gasteiger charge is 2.14. The minimum Gasteiger partial charge on any atom is -0.391 e. The van der Waals surface area contributed by atoms with Crippen molar-refractivity contribution >= 4 is 17.0 Å². The molecular weight excluding hydrogens is 246 g/mol. The van der Waals surface area contributed by atoms with Crippen LogP contribution in [-0.2, 0) is 0 Å². The standard InChI is InChI=1S/C13H17N3O3/c1-7(2)11(17)6-14-12(18)9-4-10-8(3)16-19-13(10)15-5-9/h4-5,7,11,17H,6H2,1-3H3,(H,14,18). The monoisotopic (exact) mass is 263 g/mol. The fourth-order valence-electron chi connectivity index (χ4n) is 1.60. The number of rotatable bonds is 4. The molecule has 6 heteroatoms. The summed E-state index contributed by atoms with van der Waals surface area (Å²) in [6.07, 6.45) is 0.877. The first-order valence-corrected chi connectivity index (χ1v) is 6.17. The Kier molecular flexibility index (Phi) is 3.80. The molecule has 0 aliphatic heterocycles. The predicted molar refractivity (Wildman–Crippen MR) is 69.7 cm³/mol. The van der Waals surface area contributed by atoms with E-state index < -0.39 is 6.10 Å². The van der Waals surface area contributed by atoms with E-state index in [1.54, 1.807) is 13.0 Å². The smallest absolute Gasteiger partial charge is 0.257 e. The van der Waals surface area contributed by atoms with Crippen molar-refractivity contribution < 1.29 is 14.4 Å². The van der Waals surface area contributed by atoms with E-state index >= 15 is 0 Å². The fraction of sp³-hybridized carbons (Fsp3) is 0.462. The third-order valence-electron chi connectivity index (χ3n) is 3.01. The first kappa shape index (κ1) is 13.5. The van der Waals surface area contributed by atoms with Gasteiger partial charge in [0.25, 0.3) is 11.6 Å². The average molecular weight is 263 g/mol. The number of fused-ring (bicyclic) bond motifs is 1. The summed E-state index contributed by atoms with van der Waals surface area (Å²) < 4.78 is 4.98. The van der Waals surface area contributed by atoms with Crippen LogP contribution in [-0.4, -0.2) is 33.8 Å². The Morgan fingerprint density at radius 2 is 2.26 bits per heavy atom. The van der Waals surface area contributed by atoms with Gasteiger partial charge in [0.1, 0.15) is 0 Å². The van der Waals surface area contributed by atoms with Gasteiger partial charge >= 0.3 is 0 Å². The molecule has 0 aliphatic rings. The third kappa shape index (κ3) is 2.90. The summed E-state index contributed by atoms with van der Waals surface area (Å²) >= 11 is 0. The van der Waals surface area contributed by atoms with Gasteiger partial charge in [-0.3, -0.25) is 4.79 Å². The van der Waals surface area contributed by atoms with Crippen LogP contribution in [0.1, 0.15) is 29.9 Å². The minimum atomic E-state index is -0.557. The average Bonchev–Trinajstić information content (AvgIpc) is 2.76. The summed E-state index contributed by atoms with van der Waals surface area (Å²) in [5, 5.41) is 16.8. The van der Waals surface area contributed by atoms with Gasteiger partial charge in [-0.05, 0) is 18.9 Å². The molecule has 1 atom stereocenters. The van der Waals surface area contributed by atoms with Crippen LogP contribution in [0.15, 0.2) is 16.8 Å². The maximum absolute atomic E-state index is 11.9. The van der Waals surface area contributed by atoms with Crippen molar-refractivity contribution in [1.82, 2.24) is 15.5 Å². The number of aryl methyl sites for hydroxylation is 1. The quantitative estimate of drug-likeness (QED) is 0.867. The number of carbonyl (C=O) groups excluding carboxylic acids is 1. The van der Waals surface area contributed by atoms with E-state index in [4.69, 9.17) is 4.52 Å². The minimum absolute atomic E-state index is 0.0984. The zero-order valence-electron chi connectivity index (χ0n) is 11.2.